The molecule has 114 valence electrons. The van der Waals surface area contributed by atoms with E-state index in [0.29, 0.717) is 0 Å². The van der Waals surface area contributed by atoms with Crippen LogP contribution in [0.4, 0.5) is 0 Å². The molecule has 1 unspecified atom stereocenters. The number of halogens is 1. The molecule has 0 bridgehead atoms. The number of aromatic nitrogens is 2. The third kappa shape index (κ3) is 2.93. The Morgan fingerprint density at radius 1 is 1.45 bits per heavy atom. The van der Waals surface area contributed by atoms with E-state index in [9.17, 15) is 0 Å². The average molecular weight is 345 g/mol. The third-order valence-corrected chi connectivity index (χ3v) is 5.07. The lowest BCUT2D eigenvalue weighted by atomic mass is 9.84. The molecule has 0 amide bonds. The van der Waals surface area contributed by atoms with Crippen LogP contribution in [0, 0.1) is 0 Å². The smallest absolute Gasteiger partial charge is 0.0929 e. The van der Waals surface area contributed by atoms with E-state index in [1.54, 1.807) is 7.11 Å². The van der Waals surface area contributed by atoms with E-state index in [1.165, 1.54) is 25.7 Å². The molecular weight excluding hydrogens is 320 g/mol. The van der Waals surface area contributed by atoms with Crippen molar-refractivity contribution in [3.8, 4) is 0 Å². The highest BCUT2D eigenvalue weighted by molar-refractivity contribution is 9.10. The number of nitrogens with one attached hydrogen (secondary N) is 1. The quantitative estimate of drug-likeness (QED) is 0.489. The first kappa shape index (κ1) is 15.9. The first-order valence-corrected chi connectivity index (χ1v) is 8.20. The highest BCUT2D eigenvalue weighted by Gasteiger charge is 2.42. The monoisotopic (exact) mass is 344 g/mol. The lowest BCUT2D eigenvalue weighted by molar-refractivity contribution is -0.0563. The molecule has 6 heteroatoms. The number of ether oxygens (including phenoxy) is 1. The van der Waals surface area contributed by atoms with Crippen LogP contribution in [0.1, 0.15) is 57.2 Å². The van der Waals surface area contributed by atoms with E-state index in [-0.39, 0.29) is 11.6 Å². The molecule has 1 aromatic heterocycles. The average Bonchev–Trinajstić information content (AvgIpc) is 2.69. The maximum absolute atomic E-state index is 5.99. The maximum atomic E-state index is 5.99. The van der Waals surface area contributed by atoms with Crippen LogP contribution in [0.25, 0.3) is 0 Å². The molecule has 1 atom stereocenters. The SMILES string of the molecule is CCn1ncc(Br)c1C(NN)C1(OC)CCCCCC1. The minimum atomic E-state index is -0.249. The van der Waals surface area contributed by atoms with E-state index in [4.69, 9.17) is 10.6 Å². The number of methoxy groups -OCH3 is 1. The molecule has 0 saturated heterocycles. The van der Waals surface area contributed by atoms with Gasteiger partial charge in [-0.2, -0.15) is 5.10 Å². The molecular formula is C14H25BrN4O. The van der Waals surface area contributed by atoms with Crippen molar-refractivity contribution in [2.24, 2.45) is 5.84 Å². The second kappa shape index (κ2) is 7.02. The summed E-state index contributed by atoms with van der Waals surface area (Å²) in [6.07, 6.45) is 8.81. The van der Waals surface area contributed by atoms with Gasteiger partial charge in [-0.05, 0) is 35.7 Å². The summed E-state index contributed by atoms with van der Waals surface area (Å²) in [5.74, 6) is 5.91. The lowest BCUT2D eigenvalue weighted by Gasteiger charge is -2.39. The Kier molecular flexibility index (Phi) is 5.60. The molecule has 1 aliphatic carbocycles. The molecule has 20 heavy (non-hydrogen) atoms. The van der Waals surface area contributed by atoms with Crippen LogP contribution in [-0.4, -0.2) is 22.5 Å². The van der Waals surface area contributed by atoms with Crippen LogP contribution < -0.4 is 11.3 Å². The lowest BCUT2D eigenvalue weighted by Crippen LogP contribution is -2.48. The second-order valence-electron chi connectivity index (χ2n) is 5.48. The normalized spacial score (nSPS) is 20.6. The standard InChI is InChI=1S/C14H25BrN4O/c1-3-19-12(11(15)10-17-19)13(18-16)14(20-2)8-6-4-5-7-9-14/h10,13,18H,3-9,16H2,1-2H3. The highest BCUT2D eigenvalue weighted by atomic mass is 79.9. The van der Waals surface area contributed by atoms with Gasteiger partial charge in [0.25, 0.3) is 0 Å². The fourth-order valence-electron chi connectivity index (χ4n) is 3.33. The topological polar surface area (TPSA) is 65.1 Å². The van der Waals surface area contributed by atoms with Gasteiger partial charge in [-0.25, -0.2) is 5.43 Å². The van der Waals surface area contributed by atoms with E-state index in [2.05, 4.69) is 33.4 Å². The van der Waals surface area contributed by atoms with Gasteiger partial charge in [0, 0.05) is 13.7 Å². The molecule has 0 aromatic carbocycles. The second-order valence-corrected chi connectivity index (χ2v) is 6.33. The molecule has 3 N–H and O–H groups in total. The van der Waals surface area contributed by atoms with Crippen LogP contribution in [0.15, 0.2) is 10.7 Å². The van der Waals surface area contributed by atoms with E-state index < -0.39 is 0 Å². The van der Waals surface area contributed by atoms with Gasteiger partial charge in [-0.3, -0.25) is 10.5 Å². The van der Waals surface area contributed by atoms with Gasteiger partial charge in [-0.15, -0.1) is 0 Å². The molecule has 1 aromatic rings. The summed E-state index contributed by atoms with van der Waals surface area (Å²) in [4.78, 5) is 0. The van der Waals surface area contributed by atoms with Crippen molar-refractivity contribution in [2.75, 3.05) is 7.11 Å². The first-order valence-electron chi connectivity index (χ1n) is 7.41. The summed E-state index contributed by atoms with van der Waals surface area (Å²) in [6.45, 7) is 2.90. The number of hydrogen-bond donors (Lipinski definition) is 2. The van der Waals surface area contributed by atoms with Crippen molar-refractivity contribution in [1.29, 1.82) is 0 Å². The summed E-state index contributed by atoms with van der Waals surface area (Å²) in [7, 11) is 1.80. The van der Waals surface area contributed by atoms with Crippen molar-refractivity contribution >= 4 is 15.9 Å². The largest absolute Gasteiger partial charge is 0.376 e. The van der Waals surface area contributed by atoms with Crippen molar-refractivity contribution in [3.63, 3.8) is 0 Å². The summed E-state index contributed by atoms with van der Waals surface area (Å²) in [5.41, 5.74) is 3.83. The maximum Gasteiger partial charge on any atom is 0.0929 e. The van der Waals surface area contributed by atoms with Crippen molar-refractivity contribution in [3.05, 3.63) is 16.4 Å². The van der Waals surface area contributed by atoms with Gasteiger partial charge in [0.2, 0.25) is 0 Å². The summed E-state index contributed by atoms with van der Waals surface area (Å²) in [5, 5.41) is 4.41. The Morgan fingerprint density at radius 3 is 2.60 bits per heavy atom. The number of aryl methyl sites for hydroxylation is 1. The van der Waals surface area contributed by atoms with Gasteiger partial charge >= 0.3 is 0 Å². The Morgan fingerprint density at radius 2 is 2.10 bits per heavy atom. The van der Waals surface area contributed by atoms with Gasteiger partial charge in [0.1, 0.15) is 0 Å². The molecule has 1 heterocycles. The molecule has 1 fully saturated rings. The Bertz CT molecular complexity index is 427. The van der Waals surface area contributed by atoms with Crippen LogP contribution in [0.5, 0.6) is 0 Å². The van der Waals surface area contributed by atoms with Gasteiger partial charge in [0.05, 0.1) is 28.0 Å². The number of nitrogens with two attached hydrogens (primary N) is 1. The number of hydrogen-bond acceptors (Lipinski definition) is 4. The molecule has 5 nitrogen and oxygen atoms in total. The minimum Gasteiger partial charge on any atom is -0.376 e. The molecule has 1 aliphatic rings. The van der Waals surface area contributed by atoms with Crippen molar-refractivity contribution in [2.45, 2.75) is 63.6 Å². The Hall–Kier alpha value is -0.430. The van der Waals surface area contributed by atoms with Gasteiger partial charge in [0.15, 0.2) is 0 Å². The third-order valence-electron chi connectivity index (χ3n) is 4.46. The van der Waals surface area contributed by atoms with E-state index in [1.807, 2.05) is 10.9 Å². The fraction of sp³-hybridized carbons (Fsp3) is 0.786. The highest BCUT2D eigenvalue weighted by Crippen LogP contribution is 2.41. The summed E-state index contributed by atoms with van der Waals surface area (Å²) < 4.78 is 8.96. The van der Waals surface area contributed by atoms with Crippen molar-refractivity contribution < 1.29 is 4.74 Å². The Balaban J connectivity index is 2.40. The van der Waals surface area contributed by atoms with Gasteiger partial charge < -0.3 is 4.74 Å². The molecule has 0 aliphatic heterocycles. The predicted molar refractivity (Wildman–Crippen MR) is 83.1 cm³/mol. The Labute approximate surface area is 129 Å². The molecule has 0 spiro atoms. The molecule has 1 saturated carbocycles. The van der Waals surface area contributed by atoms with E-state index >= 15 is 0 Å². The molecule has 2 rings (SSSR count). The summed E-state index contributed by atoms with van der Waals surface area (Å²) >= 11 is 3.60. The van der Waals surface area contributed by atoms with Crippen LogP contribution in [-0.2, 0) is 11.3 Å². The number of nitrogens with zero attached hydrogens (tertiary/aromatic N) is 2. The van der Waals surface area contributed by atoms with Crippen LogP contribution in [0.3, 0.4) is 0 Å². The van der Waals surface area contributed by atoms with Crippen LogP contribution in [0.2, 0.25) is 0 Å². The zero-order valence-electron chi connectivity index (χ0n) is 12.4. The predicted octanol–water partition coefficient (Wildman–Crippen LogP) is 2.91. The number of hydrazine groups is 1. The summed E-state index contributed by atoms with van der Waals surface area (Å²) in [6, 6.07) is -0.0533. The van der Waals surface area contributed by atoms with Crippen LogP contribution >= 0.6 is 15.9 Å². The minimum absolute atomic E-state index is 0.0533. The zero-order valence-corrected chi connectivity index (χ0v) is 13.9. The molecule has 0 radical (unpaired) electrons. The van der Waals surface area contributed by atoms with Crippen molar-refractivity contribution in [1.82, 2.24) is 15.2 Å². The first-order chi connectivity index (χ1) is 9.68. The zero-order chi connectivity index (χ0) is 14.6. The van der Waals surface area contributed by atoms with Gasteiger partial charge in [-0.1, -0.05) is 25.7 Å². The van der Waals surface area contributed by atoms with E-state index in [0.717, 1.165) is 29.6 Å². The fourth-order valence-corrected chi connectivity index (χ4v) is 3.85. The number of rotatable bonds is 5.